The first-order chi connectivity index (χ1) is 9.11. The minimum Gasteiger partial charge on any atom is -0.396 e. The van der Waals surface area contributed by atoms with E-state index in [2.05, 4.69) is 0 Å². The van der Waals surface area contributed by atoms with Crippen LogP contribution in [0.25, 0.3) is 0 Å². The molecule has 0 aliphatic heterocycles. The molecule has 0 fully saturated rings. The molecular weight excluding hydrogens is 246 g/mol. The summed E-state index contributed by atoms with van der Waals surface area (Å²) in [6, 6.07) is 10.9. The molecule has 2 rings (SSSR count). The van der Waals surface area contributed by atoms with E-state index < -0.39 is 0 Å². The first-order valence-corrected chi connectivity index (χ1v) is 6.22. The fourth-order valence-corrected chi connectivity index (χ4v) is 2.20. The minimum absolute atomic E-state index is 0.170. The molecule has 0 aliphatic rings. The Morgan fingerprint density at radius 3 is 2.53 bits per heavy atom. The van der Waals surface area contributed by atoms with E-state index in [1.807, 2.05) is 6.92 Å². The van der Waals surface area contributed by atoms with Crippen LogP contribution in [-0.4, -0.2) is 11.7 Å². The molecule has 1 atom stereocenters. The fraction of sp³-hybridized carbons (Fsp3) is 0.250. The molecule has 0 bridgehead atoms. The van der Waals surface area contributed by atoms with Crippen LogP contribution in [0, 0.1) is 18.6 Å². The molecule has 0 aromatic heterocycles. The van der Waals surface area contributed by atoms with E-state index in [-0.39, 0.29) is 24.2 Å². The molecule has 2 aromatic rings. The van der Waals surface area contributed by atoms with Crippen molar-refractivity contribution in [2.24, 2.45) is 0 Å². The highest BCUT2D eigenvalue weighted by molar-refractivity contribution is 5.30. The first kappa shape index (κ1) is 13.7. The number of rotatable bonds is 4. The summed E-state index contributed by atoms with van der Waals surface area (Å²) in [5.41, 5.74) is 2.20. The Morgan fingerprint density at radius 1 is 1.11 bits per heavy atom. The van der Waals surface area contributed by atoms with E-state index in [9.17, 15) is 13.9 Å². The van der Waals surface area contributed by atoms with E-state index >= 15 is 0 Å². The Labute approximate surface area is 111 Å². The lowest BCUT2D eigenvalue weighted by atomic mass is 9.90. The van der Waals surface area contributed by atoms with Crippen LogP contribution in [0.5, 0.6) is 0 Å². The van der Waals surface area contributed by atoms with Crippen LogP contribution in [0.1, 0.15) is 22.6 Å². The van der Waals surface area contributed by atoms with E-state index in [0.717, 1.165) is 11.1 Å². The molecule has 2 aromatic carbocycles. The third kappa shape index (κ3) is 3.18. The molecule has 0 radical (unpaired) electrons. The summed E-state index contributed by atoms with van der Waals surface area (Å²) in [7, 11) is 0. The second-order valence-corrected chi connectivity index (χ2v) is 4.68. The normalized spacial score (nSPS) is 12.4. The van der Waals surface area contributed by atoms with Crippen molar-refractivity contribution < 1.29 is 13.9 Å². The molecule has 1 N–H and O–H groups in total. The smallest absolute Gasteiger partial charge is 0.126 e. The zero-order chi connectivity index (χ0) is 13.8. The van der Waals surface area contributed by atoms with E-state index in [0.29, 0.717) is 12.0 Å². The summed E-state index contributed by atoms with van der Waals surface area (Å²) in [6.07, 6.45) is 0.418. The number of hydrogen-bond donors (Lipinski definition) is 1. The van der Waals surface area contributed by atoms with Gasteiger partial charge in [0.25, 0.3) is 0 Å². The van der Waals surface area contributed by atoms with Gasteiger partial charge in [-0.05, 0) is 48.2 Å². The van der Waals surface area contributed by atoms with Crippen molar-refractivity contribution in [3.8, 4) is 0 Å². The maximum atomic E-state index is 13.7. The number of hydrogen-bond acceptors (Lipinski definition) is 1. The summed E-state index contributed by atoms with van der Waals surface area (Å²) in [6.45, 7) is 1.71. The van der Waals surface area contributed by atoms with Gasteiger partial charge in [-0.2, -0.15) is 0 Å². The van der Waals surface area contributed by atoms with Crippen LogP contribution in [0.15, 0.2) is 42.5 Å². The lowest BCUT2D eigenvalue weighted by Gasteiger charge is -2.17. The molecule has 0 heterocycles. The van der Waals surface area contributed by atoms with Crippen LogP contribution >= 0.6 is 0 Å². The van der Waals surface area contributed by atoms with Gasteiger partial charge in [0.05, 0.1) is 6.61 Å². The number of halogens is 2. The monoisotopic (exact) mass is 262 g/mol. The molecular formula is C16H16F2O. The highest BCUT2D eigenvalue weighted by atomic mass is 19.1. The summed E-state index contributed by atoms with van der Waals surface area (Å²) in [5, 5.41) is 9.46. The number of aliphatic hydroxyl groups is 1. The Balaban J connectivity index is 2.29. The van der Waals surface area contributed by atoms with Gasteiger partial charge in [0, 0.05) is 5.92 Å². The molecule has 1 nitrogen and oxygen atoms in total. The second-order valence-electron chi connectivity index (χ2n) is 4.68. The molecule has 0 spiro atoms. The molecule has 19 heavy (non-hydrogen) atoms. The lowest BCUT2D eigenvalue weighted by molar-refractivity contribution is 0.261. The lowest BCUT2D eigenvalue weighted by Crippen LogP contribution is -2.10. The van der Waals surface area contributed by atoms with Crippen LogP contribution in [0.3, 0.4) is 0 Å². The minimum atomic E-state index is -0.360. The Hall–Kier alpha value is -1.74. The quantitative estimate of drug-likeness (QED) is 0.892. The molecule has 0 aliphatic carbocycles. The Morgan fingerprint density at radius 2 is 1.84 bits per heavy atom. The van der Waals surface area contributed by atoms with Gasteiger partial charge in [0.15, 0.2) is 0 Å². The molecule has 0 amide bonds. The van der Waals surface area contributed by atoms with Gasteiger partial charge in [-0.15, -0.1) is 0 Å². The van der Waals surface area contributed by atoms with Crippen molar-refractivity contribution in [1.82, 2.24) is 0 Å². The molecule has 3 heteroatoms. The molecule has 1 unspecified atom stereocenters. The maximum Gasteiger partial charge on any atom is 0.126 e. The van der Waals surface area contributed by atoms with Crippen molar-refractivity contribution in [2.45, 2.75) is 19.3 Å². The van der Waals surface area contributed by atoms with Gasteiger partial charge in [0.2, 0.25) is 0 Å². The SMILES string of the molecule is Cc1ccc(F)cc1CC(CO)c1ccccc1F. The fourth-order valence-electron chi connectivity index (χ4n) is 2.20. The van der Waals surface area contributed by atoms with E-state index in [4.69, 9.17) is 0 Å². The molecule has 0 saturated heterocycles. The highest BCUT2D eigenvalue weighted by Gasteiger charge is 2.16. The van der Waals surface area contributed by atoms with Crippen LogP contribution in [0.4, 0.5) is 8.78 Å². The summed E-state index contributed by atoms with van der Waals surface area (Å²) >= 11 is 0. The third-order valence-electron chi connectivity index (χ3n) is 3.34. The van der Waals surface area contributed by atoms with Crippen molar-refractivity contribution >= 4 is 0 Å². The van der Waals surface area contributed by atoms with Crippen LogP contribution in [0.2, 0.25) is 0 Å². The highest BCUT2D eigenvalue weighted by Crippen LogP contribution is 2.24. The predicted molar refractivity (Wildman–Crippen MR) is 71.1 cm³/mol. The van der Waals surface area contributed by atoms with Gasteiger partial charge in [-0.25, -0.2) is 8.78 Å². The summed E-state index contributed by atoms with van der Waals surface area (Å²) in [4.78, 5) is 0. The Kier molecular flexibility index (Phi) is 4.27. The zero-order valence-electron chi connectivity index (χ0n) is 10.7. The van der Waals surface area contributed by atoms with Crippen molar-refractivity contribution in [1.29, 1.82) is 0 Å². The topological polar surface area (TPSA) is 20.2 Å². The molecule has 100 valence electrons. The number of benzene rings is 2. The molecule has 0 saturated carbocycles. The first-order valence-electron chi connectivity index (χ1n) is 6.22. The van der Waals surface area contributed by atoms with Crippen molar-refractivity contribution in [3.05, 3.63) is 70.8 Å². The largest absolute Gasteiger partial charge is 0.396 e. The van der Waals surface area contributed by atoms with Gasteiger partial charge in [-0.1, -0.05) is 24.3 Å². The Bertz CT molecular complexity index is 566. The van der Waals surface area contributed by atoms with Crippen molar-refractivity contribution in [2.75, 3.05) is 6.61 Å². The van der Waals surface area contributed by atoms with Gasteiger partial charge in [0.1, 0.15) is 11.6 Å². The average molecular weight is 262 g/mol. The van der Waals surface area contributed by atoms with Gasteiger partial charge < -0.3 is 5.11 Å². The second kappa shape index (κ2) is 5.93. The number of aryl methyl sites for hydroxylation is 1. The zero-order valence-corrected chi connectivity index (χ0v) is 10.7. The van der Waals surface area contributed by atoms with E-state index in [1.165, 1.54) is 18.2 Å². The van der Waals surface area contributed by atoms with Crippen LogP contribution < -0.4 is 0 Å². The number of aliphatic hydroxyl groups excluding tert-OH is 1. The summed E-state index contributed by atoms with van der Waals surface area (Å²) in [5.74, 6) is -1.01. The third-order valence-corrected chi connectivity index (χ3v) is 3.34. The average Bonchev–Trinajstić information content (AvgIpc) is 2.41. The van der Waals surface area contributed by atoms with Gasteiger partial charge >= 0.3 is 0 Å². The van der Waals surface area contributed by atoms with Crippen LogP contribution in [-0.2, 0) is 6.42 Å². The predicted octanol–water partition coefficient (Wildman–Crippen LogP) is 3.59. The van der Waals surface area contributed by atoms with E-state index in [1.54, 1.807) is 24.3 Å². The summed E-state index contributed by atoms with van der Waals surface area (Å²) < 4.78 is 27.0. The standard InChI is InChI=1S/C16H16F2O/c1-11-6-7-14(17)9-12(11)8-13(10-19)15-4-2-3-5-16(15)18/h2-7,9,13,19H,8,10H2,1H3. The van der Waals surface area contributed by atoms with Crippen molar-refractivity contribution in [3.63, 3.8) is 0 Å². The van der Waals surface area contributed by atoms with Gasteiger partial charge in [-0.3, -0.25) is 0 Å². The maximum absolute atomic E-state index is 13.7.